The largest absolute Gasteiger partial charge is 0.378 e. The molecule has 0 saturated carbocycles. The zero-order valence-corrected chi connectivity index (χ0v) is 16.0. The third kappa shape index (κ3) is 5.41. The van der Waals surface area contributed by atoms with Gasteiger partial charge in [0.2, 0.25) is 5.91 Å². The molecule has 9 heteroatoms. The molecular weight excluding hydrogens is 384 g/mol. The second-order valence-electron chi connectivity index (χ2n) is 5.60. The Labute approximate surface area is 164 Å². The van der Waals surface area contributed by atoms with E-state index >= 15 is 0 Å². The van der Waals surface area contributed by atoms with Crippen LogP contribution in [0.25, 0.3) is 10.2 Å². The number of aromatic nitrogens is 1. The minimum atomic E-state index is -0.430. The average molecular weight is 403 g/mol. The Morgan fingerprint density at radius 3 is 2.74 bits per heavy atom. The van der Waals surface area contributed by atoms with E-state index < -0.39 is 4.92 Å². The van der Waals surface area contributed by atoms with Crippen LogP contribution in [0.5, 0.6) is 0 Å². The summed E-state index contributed by atoms with van der Waals surface area (Å²) in [5.74, 6) is 0.608. The fraction of sp³-hybridized carbons (Fsp3) is 0.222. The predicted molar refractivity (Wildman–Crippen MR) is 110 cm³/mol. The van der Waals surface area contributed by atoms with Crippen LogP contribution in [0.2, 0.25) is 0 Å². The summed E-state index contributed by atoms with van der Waals surface area (Å²) in [5.41, 5.74) is 1.45. The number of fused-ring (bicyclic) bond motifs is 1. The maximum atomic E-state index is 11.9. The standard InChI is InChI=1S/C18H18N4O3S2/c23-17(9-12-26-18-21-14-6-2-4-8-16(14)27-18)20-11-10-19-13-5-1-3-7-15(13)22(24)25/h1-8,19H,9-12H2,(H,20,23). The van der Waals surface area contributed by atoms with Gasteiger partial charge in [0.1, 0.15) is 5.69 Å². The molecule has 2 aromatic carbocycles. The Bertz CT molecular complexity index is 912. The van der Waals surface area contributed by atoms with Gasteiger partial charge in [-0.25, -0.2) is 4.98 Å². The first-order valence-electron chi connectivity index (χ1n) is 8.36. The first kappa shape index (κ1) is 19.1. The summed E-state index contributed by atoms with van der Waals surface area (Å²) in [7, 11) is 0. The van der Waals surface area contributed by atoms with Crippen molar-refractivity contribution >= 4 is 50.6 Å². The lowest BCUT2D eigenvalue weighted by Crippen LogP contribution is -2.29. The molecular formula is C18H18N4O3S2. The average Bonchev–Trinajstić information content (AvgIpc) is 3.08. The molecule has 0 bridgehead atoms. The third-order valence-corrected chi connectivity index (χ3v) is 5.87. The summed E-state index contributed by atoms with van der Waals surface area (Å²) < 4.78 is 2.10. The molecule has 0 unspecified atom stereocenters. The van der Waals surface area contributed by atoms with E-state index in [-0.39, 0.29) is 11.6 Å². The molecule has 27 heavy (non-hydrogen) atoms. The van der Waals surface area contributed by atoms with E-state index in [0.29, 0.717) is 31.0 Å². The van der Waals surface area contributed by atoms with Crippen molar-refractivity contribution in [1.82, 2.24) is 10.3 Å². The van der Waals surface area contributed by atoms with Gasteiger partial charge in [-0.15, -0.1) is 11.3 Å². The number of amides is 1. The molecule has 3 rings (SSSR count). The van der Waals surface area contributed by atoms with E-state index in [1.54, 1.807) is 41.3 Å². The second kappa shape index (κ2) is 9.33. The van der Waals surface area contributed by atoms with Gasteiger partial charge in [0.25, 0.3) is 5.69 Å². The highest BCUT2D eigenvalue weighted by Crippen LogP contribution is 2.29. The Balaban J connectivity index is 1.36. The molecule has 0 aliphatic rings. The van der Waals surface area contributed by atoms with Crippen LogP contribution in [0.1, 0.15) is 6.42 Å². The molecule has 0 aliphatic carbocycles. The number of carbonyl (C=O) groups is 1. The van der Waals surface area contributed by atoms with Gasteiger partial charge in [-0.2, -0.15) is 0 Å². The quantitative estimate of drug-likeness (QED) is 0.244. The number of nitrogens with zero attached hydrogens (tertiary/aromatic N) is 2. The molecule has 3 aromatic rings. The number of thioether (sulfide) groups is 1. The lowest BCUT2D eigenvalue weighted by molar-refractivity contribution is -0.384. The maximum absolute atomic E-state index is 11.9. The summed E-state index contributed by atoms with van der Waals surface area (Å²) in [5, 5.41) is 16.7. The number of hydrogen-bond donors (Lipinski definition) is 2. The van der Waals surface area contributed by atoms with E-state index in [0.717, 1.165) is 14.6 Å². The van der Waals surface area contributed by atoms with Crippen molar-refractivity contribution in [3.05, 3.63) is 58.6 Å². The molecule has 0 radical (unpaired) electrons. The van der Waals surface area contributed by atoms with Gasteiger partial charge in [-0.1, -0.05) is 36.0 Å². The zero-order valence-electron chi connectivity index (χ0n) is 14.4. The van der Waals surface area contributed by atoms with E-state index in [4.69, 9.17) is 0 Å². The number of hydrogen-bond acceptors (Lipinski definition) is 7. The van der Waals surface area contributed by atoms with Crippen molar-refractivity contribution in [3.8, 4) is 0 Å². The van der Waals surface area contributed by atoms with Gasteiger partial charge >= 0.3 is 0 Å². The highest BCUT2D eigenvalue weighted by molar-refractivity contribution is 8.01. The number of anilines is 1. The van der Waals surface area contributed by atoms with Crippen LogP contribution in [0.3, 0.4) is 0 Å². The van der Waals surface area contributed by atoms with Crippen LogP contribution in [-0.4, -0.2) is 34.7 Å². The van der Waals surface area contributed by atoms with Crippen molar-refractivity contribution in [3.63, 3.8) is 0 Å². The molecule has 2 N–H and O–H groups in total. The smallest absolute Gasteiger partial charge is 0.292 e. The highest BCUT2D eigenvalue weighted by atomic mass is 32.2. The fourth-order valence-corrected chi connectivity index (χ4v) is 4.49. The number of para-hydroxylation sites is 3. The molecule has 1 aromatic heterocycles. The van der Waals surface area contributed by atoms with Crippen LogP contribution in [0, 0.1) is 10.1 Å². The molecule has 0 aliphatic heterocycles. The van der Waals surface area contributed by atoms with E-state index in [1.807, 2.05) is 24.3 Å². The van der Waals surface area contributed by atoms with Gasteiger partial charge in [0.05, 0.1) is 15.1 Å². The predicted octanol–water partition coefficient (Wildman–Crippen LogP) is 3.92. The van der Waals surface area contributed by atoms with Gasteiger partial charge < -0.3 is 10.6 Å². The highest BCUT2D eigenvalue weighted by Gasteiger charge is 2.11. The van der Waals surface area contributed by atoms with E-state index in [2.05, 4.69) is 15.6 Å². The summed E-state index contributed by atoms with van der Waals surface area (Å²) in [6, 6.07) is 14.4. The van der Waals surface area contributed by atoms with Crippen molar-refractivity contribution in [2.75, 3.05) is 24.2 Å². The first-order valence-corrected chi connectivity index (χ1v) is 10.2. The van der Waals surface area contributed by atoms with Crippen LogP contribution >= 0.6 is 23.1 Å². The topological polar surface area (TPSA) is 97.2 Å². The third-order valence-electron chi connectivity index (χ3n) is 3.69. The number of nitro groups is 1. The molecule has 0 atom stereocenters. The van der Waals surface area contributed by atoms with Gasteiger partial charge in [0.15, 0.2) is 4.34 Å². The Morgan fingerprint density at radius 2 is 1.93 bits per heavy atom. The normalized spacial score (nSPS) is 10.7. The van der Waals surface area contributed by atoms with E-state index in [9.17, 15) is 14.9 Å². The summed E-state index contributed by atoms with van der Waals surface area (Å²) in [6.07, 6.45) is 0.395. The SMILES string of the molecule is O=C(CCSc1nc2ccccc2s1)NCCNc1ccccc1[N+](=O)[O-]. The summed E-state index contributed by atoms with van der Waals surface area (Å²) >= 11 is 3.20. The number of benzene rings is 2. The molecule has 0 saturated heterocycles. The van der Waals surface area contributed by atoms with Crippen LogP contribution < -0.4 is 10.6 Å². The molecule has 1 amide bonds. The summed E-state index contributed by atoms with van der Waals surface area (Å²) in [6.45, 7) is 0.818. The number of rotatable bonds is 9. The van der Waals surface area contributed by atoms with Crippen LogP contribution in [0.4, 0.5) is 11.4 Å². The number of nitro benzene ring substituents is 1. The van der Waals surface area contributed by atoms with Crippen molar-refractivity contribution < 1.29 is 9.72 Å². The Kier molecular flexibility index (Phi) is 6.61. The number of thiazole rings is 1. The number of carbonyl (C=O) groups excluding carboxylic acids is 1. The molecule has 0 spiro atoms. The lowest BCUT2D eigenvalue weighted by Gasteiger charge is -2.08. The van der Waals surface area contributed by atoms with Crippen molar-refractivity contribution in [2.24, 2.45) is 0 Å². The van der Waals surface area contributed by atoms with Crippen LogP contribution in [0.15, 0.2) is 52.9 Å². The first-order chi connectivity index (χ1) is 13.1. The lowest BCUT2D eigenvalue weighted by atomic mass is 10.2. The number of nitrogens with one attached hydrogen (secondary N) is 2. The Morgan fingerprint density at radius 1 is 1.15 bits per heavy atom. The van der Waals surface area contributed by atoms with E-state index in [1.165, 1.54) is 6.07 Å². The summed E-state index contributed by atoms with van der Waals surface area (Å²) in [4.78, 5) is 27.0. The molecule has 0 fully saturated rings. The Hall–Kier alpha value is -2.65. The molecule has 7 nitrogen and oxygen atoms in total. The fourth-order valence-electron chi connectivity index (χ4n) is 2.41. The van der Waals surface area contributed by atoms with Gasteiger partial charge in [0, 0.05) is 31.3 Å². The second-order valence-corrected chi connectivity index (χ2v) is 7.97. The van der Waals surface area contributed by atoms with Gasteiger partial charge in [-0.05, 0) is 18.2 Å². The van der Waals surface area contributed by atoms with Crippen molar-refractivity contribution in [1.29, 1.82) is 0 Å². The van der Waals surface area contributed by atoms with Gasteiger partial charge in [-0.3, -0.25) is 14.9 Å². The zero-order chi connectivity index (χ0) is 19.1. The maximum Gasteiger partial charge on any atom is 0.292 e. The van der Waals surface area contributed by atoms with Crippen LogP contribution in [-0.2, 0) is 4.79 Å². The molecule has 140 valence electrons. The van der Waals surface area contributed by atoms with Crippen molar-refractivity contribution in [2.45, 2.75) is 10.8 Å². The minimum Gasteiger partial charge on any atom is -0.378 e. The molecule has 1 heterocycles. The monoisotopic (exact) mass is 402 g/mol. The minimum absolute atomic E-state index is 0.0241.